The van der Waals surface area contributed by atoms with E-state index in [4.69, 9.17) is 28.9 Å². The Balaban J connectivity index is 1.30. The molecular formula is C24H21Cl2N7O2. The van der Waals surface area contributed by atoms with Crippen LogP contribution in [0.2, 0.25) is 10.0 Å². The first kappa shape index (κ1) is 22.2. The summed E-state index contributed by atoms with van der Waals surface area (Å²) in [5.41, 5.74) is 7.99. The van der Waals surface area contributed by atoms with Crippen LogP contribution in [0, 0.1) is 5.41 Å². The summed E-state index contributed by atoms with van der Waals surface area (Å²) in [6.07, 6.45) is 5.87. The van der Waals surface area contributed by atoms with Gasteiger partial charge in [0.15, 0.2) is 5.65 Å². The molecule has 0 saturated carbocycles. The molecule has 3 aromatic heterocycles. The van der Waals surface area contributed by atoms with Gasteiger partial charge in [-0.1, -0.05) is 35.3 Å². The van der Waals surface area contributed by atoms with E-state index in [-0.39, 0.29) is 38.2 Å². The van der Waals surface area contributed by atoms with E-state index in [0.717, 1.165) is 35.1 Å². The van der Waals surface area contributed by atoms with Crippen LogP contribution in [-0.2, 0) is 6.42 Å². The van der Waals surface area contributed by atoms with Crippen LogP contribution in [0.4, 0.5) is 5.95 Å². The van der Waals surface area contributed by atoms with Crippen molar-refractivity contribution in [3.8, 4) is 5.69 Å². The topological polar surface area (TPSA) is 123 Å². The Morgan fingerprint density at radius 3 is 2.66 bits per heavy atom. The molecule has 6 rings (SSSR count). The lowest BCUT2D eigenvalue weighted by molar-refractivity contribution is 0.186. The molecule has 1 atom stereocenters. The molecule has 1 saturated heterocycles. The fourth-order valence-electron chi connectivity index (χ4n) is 5.32. The van der Waals surface area contributed by atoms with E-state index in [9.17, 15) is 9.59 Å². The number of anilines is 1. The van der Waals surface area contributed by atoms with E-state index in [0.29, 0.717) is 19.0 Å². The molecule has 0 bridgehead atoms. The monoisotopic (exact) mass is 509 g/mol. The second-order valence-corrected chi connectivity index (χ2v) is 9.90. The van der Waals surface area contributed by atoms with E-state index in [1.807, 2.05) is 12.3 Å². The predicted molar refractivity (Wildman–Crippen MR) is 135 cm³/mol. The summed E-state index contributed by atoms with van der Waals surface area (Å²) in [6.45, 7) is 1.43. The first-order valence-electron chi connectivity index (χ1n) is 11.3. The lowest BCUT2D eigenvalue weighted by atomic mass is 9.73. The first-order chi connectivity index (χ1) is 16.9. The fourth-order valence-corrected chi connectivity index (χ4v) is 5.70. The van der Waals surface area contributed by atoms with Gasteiger partial charge in [0, 0.05) is 37.2 Å². The normalized spacial score (nSPS) is 18.8. The average Bonchev–Trinajstić information content (AvgIpc) is 3.13. The van der Waals surface area contributed by atoms with E-state index in [1.54, 1.807) is 18.2 Å². The van der Waals surface area contributed by atoms with Crippen LogP contribution >= 0.6 is 23.2 Å². The maximum atomic E-state index is 13.1. The zero-order chi connectivity index (χ0) is 24.3. The molecule has 11 heteroatoms. The van der Waals surface area contributed by atoms with Gasteiger partial charge < -0.3 is 10.6 Å². The van der Waals surface area contributed by atoms with Crippen LogP contribution in [0.3, 0.4) is 0 Å². The molecule has 4 aromatic rings. The largest absolute Gasteiger partial charge is 0.341 e. The van der Waals surface area contributed by atoms with Crippen molar-refractivity contribution in [1.82, 2.24) is 24.5 Å². The maximum absolute atomic E-state index is 13.1. The highest BCUT2D eigenvalue weighted by Gasteiger charge is 2.46. The summed E-state index contributed by atoms with van der Waals surface area (Å²) < 4.78 is 0.942. The van der Waals surface area contributed by atoms with Gasteiger partial charge in [0.2, 0.25) is 5.95 Å². The maximum Gasteiger partial charge on any atom is 0.334 e. The van der Waals surface area contributed by atoms with Gasteiger partial charge in [0.1, 0.15) is 5.39 Å². The lowest BCUT2D eigenvalue weighted by Gasteiger charge is -2.42. The van der Waals surface area contributed by atoms with Gasteiger partial charge in [-0.3, -0.25) is 14.8 Å². The van der Waals surface area contributed by atoms with E-state index in [2.05, 4.69) is 30.9 Å². The number of nitrogens with one attached hydrogen (secondary N) is 1. The molecule has 178 valence electrons. The highest BCUT2D eigenvalue weighted by molar-refractivity contribution is 6.43. The van der Waals surface area contributed by atoms with Crippen molar-refractivity contribution in [1.29, 1.82) is 0 Å². The second-order valence-electron chi connectivity index (χ2n) is 9.12. The zero-order valence-electron chi connectivity index (χ0n) is 18.5. The highest BCUT2D eigenvalue weighted by Crippen LogP contribution is 2.50. The Morgan fingerprint density at radius 1 is 1.09 bits per heavy atom. The number of nitrogens with zero attached hydrogens (tertiary/aromatic N) is 5. The number of pyridine rings is 1. The van der Waals surface area contributed by atoms with E-state index in [1.165, 1.54) is 6.20 Å². The number of H-pyrrole nitrogens is 1. The second kappa shape index (κ2) is 8.15. The standard InChI is InChI=1S/C24H21Cl2N7O2/c25-15-4-1-5-17(18(15)26)33-21(34)14-12-29-22(30-20(14)31-23(33)35)32-9-6-24(7-10-32)11-16-13(19(24)27)3-2-8-28-16/h1-5,8,12,19H,6-7,9-11,27H2,(H,29,30,31,35)/t19-/m1/s1. The average molecular weight is 510 g/mol. The summed E-state index contributed by atoms with van der Waals surface area (Å²) >= 11 is 12.3. The molecule has 1 fully saturated rings. The van der Waals surface area contributed by atoms with Crippen LogP contribution in [0.25, 0.3) is 16.7 Å². The first-order valence-corrected chi connectivity index (χ1v) is 12.0. The number of halogens is 2. The van der Waals surface area contributed by atoms with Gasteiger partial charge in [-0.25, -0.2) is 14.3 Å². The third kappa shape index (κ3) is 3.45. The molecule has 1 spiro atoms. The Labute approximate surface area is 209 Å². The molecule has 2 aliphatic rings. The Bertz CT molecular complexity index is 1590. The van der Waals surface area contributed by atoms with Gasteiger partial charge >= 0.3 is 5.69 Å². The number of hydrogen-bond acceptors (Lipinski definition) is 7. The SMILES string of the molecule is N[C@@H]1c2cccnc2CC12CCN(c1ncc3c(=O)n(-c4cccc(Cl)c4Cl)c(=O)[nH]c3n1)CC2. The fraction of sp³-hybridized carbons (Fsp3) is 0.292. The van der Waals surface area contributed by atoms with Gasteiger partial charge in [-0.2, -0.15) is 4.98 Å². The summed E-state index contributed by atoms with van der Waals surface area (Å²) in [6, 6.07) is 8.72. The molecule has 9 nitrogen and oxygen atoms in total. The summed E-state index contributed by atoms with van der Waals surface area (Å²) in [7, 11) is 0. The smallest absolute Gasteiger partial charge is 0.334 e. The van der Waals surface area contributed by atoms with Crippen LogP contribution < -0.4 is 21.9 Å². The van der Waals surface area contributed by atoms with Crippen LogP contribution in [0.15, 0.2) is 52.3 Å². The van der Waals surface area contributed by atoms with Crippen molar-refractivity contribution in [2.24, 2.45) is 11.1 Å². The zero-order valence-corrected chi connectivity index (χ0v) is 20.1. The molecule has 35 heavy (non-hydrogen) atoms. The predicted octanol–water partition coefficient (Wildman–Crippen LogP) is 3.01. The van der Waals surface area contributed by atoms with Crippen LogP contribution in [-0.4, -0.2) is 37.6 Å². The quantitative estimate of drug-likeness (QED) is 0.425. The van der Waals surface area contributed by atoms with Crippen molar-refractivity contribution in [2.45, 2.75) is 25.3 Å². The van der Waals surface area contributed by atoms with E-state index >= 15 is 0 Å². The van der Waals surface area contributed by atoms with Crippen LogP contribution in [0.1, 0.15) is 30.1 Å². The Morgan fingerprint density at radius 2 is 1.89 bits per heavy atom. The Hall–Kier alpha value is -3.27. The van der Waals surface area contributed by atoms with Gasteiger partial charge in [0.05, 0.1) is 15.7 Å². The van der Waals surface area contributed by atoms with E-state index < -0.39 is 11.2 Å². The molecule has 0 unspecified atom stereocenters. The molecule has 1 aliphatic heterocycles. The number of piperidine rings is 1. The van der Waals surface area contributed by atoms with Crippen LogP contribution in [0.5, 0.6) is 0 Å². The third-order valence-corrected chi connectivity index (χ3v) is 8.10. The van der Waals surface area contributed by atoms with Gasteiger partial charge in [-0.15, -0.1) is 0 Å². The minimum Gasteiger partial charge on any atom is -0.341 e. The lowest BCUT2D eigenvalue weighted by Crippen LogP contribution is -2.45. The van der Waals surface area contributed by atoms with Crippen molar-refractivity contribution >= 4 is 40.2 Å². The highest BCUT2D eigenvalue weighted by atomic mass is 35.5. The summed E-state index contributed by atoms with van der Waals surface area (Å²) in [5, 5.41) is 0.534. The number of hydrogen-bond donors (Lipinski definition) is 2. The minimum absolute atomic E-state index is 0.0255. The van der Waals surface area contributed by atoms with Crippen molar-refractivity contribution in [2.75, 3.05) is 18.0 Å². The number of aromatic amines is 1. The van der Waals surface area contributed by atoms with Crippen molar-refractivity contribution in [3.63, 3.8) is 0 Å². The summed E-state index contributed by atoms with van der Waals surface area (Å²) in [5.74, 6) is 0.461. The molecule has 1 aromatic carbocycles. The van der Waals surface area contributed by atoms with Gasteiger partial charge in [0.25, 0.3) is 5.56 Å². The molecule has 0 radical (unpaired) electrons. The molecule has 4 heterocycles. The molecule has 1 aliphatic carbocycles. The summed E-state index contributed by atoms with van der Waals surface area (Å²) in [4.78, 5) is 44.2. The third-order valence-electron chi connectivity index (χ3n) is 7.29. The number of aromatic nitrogens is 5. The molecule has 0 amide bonds. The Kier molecular flexibility index (Phi) is 5.17. The molecule has 3 N–H and O–H groups in total. The number of benzene rings is 1. The minimum atomic E-state index is -0.656. The molecular weight excluding hydrogens is 489 g/mol. The van der Waals surface area contributed by atoms with Crippen molar-refractivity contribution in [3.05, 3.63) is 84.9 Å². The number of rotatable bonds is 2. The van der Waals surface area contributed by atoms with Crippen molar-refractivity contribution < 1.29 is 0 Å². The number of fused-ring (bicyclic) bond motifs is 2. The number of nitrogens with two attached hydrogens (primary N) is 1. The van der Waals surface area contributed by atoms with Gasteiger partial charge in [-0.05, 0) is 48.4 Å².